The number of Topliss-reactive ketones (excluding diaryl/α,β-unsaturated/α-hetero) is 1. The van der Waals surface area contributed by atoms with Crippen molar-refractivity contribution in [1.82, 2.24) is 4.57 Å². The summed E-state index contributed by atoms with van der Waals surface area (Å²) in [5.74, 6) is -1.00. The molecule has 1 aromatic heterocycles. The molecule has 2 aromatic rings. The number of nitro benzene ring substituents is 1. The van der Waals surface area contributed by atoms with E-state index in [9.17, 15) is 19.7 Å². The second-order valence-electron chi connectivity index (χ2n) is 6.68. The second-order valence-corrected chi connectivity index (χ2v) is 6.68. The zero-order valence-electron chi connectivity index (χ0n) is 16.9. The van der Waals surface area contributed by atoms with Crippen LogP contribution in [0.1, 0.15) is 40.3 Å². The fourth-order valence-corrected chi connectivity index (χ4v) is 3.22. The number of esters is 1. The minimum atomic E-state index is -0.702. The molecule has 1 aromatic carbocycles. The summed E-state index contributed by atoms with van der Waals surface area (Å²) in [4.78, 5) is 34.7. The van der Waals surface area contributed by atoms with Gasteiger partial charge in [-0.15, -0.1) is 0 Å². The van der Waals surface area contributed by atoms with Crippen LogP contribution in [0.25, 0.3) is 6.08 Å². The first-order valence-corrected chi connectivity index (χ1v) is 9.04. The van der Waals surface area contributed by atoms with E-state index in [-0.39, 0.29) is 24.1 Å². The summed E-state index contributed by atoms with van der Waals surface area (Å²) in [6.07, 6.45) is 2.54. The van der Waals surface area contributed by atoms with Gasteiger partial charge in [0.25, 0.3) is 5.69 Å². The summed E-state index contributed by atoms with van der Waals surface area (Å²) in [7, 11) is 1.62. The molecule has 8 heteroatoms. The third-order valence-electron chi connectivity index (χ3n) is 4.47. The molecule has 0 saturated heterocycles. The first kappa shape index (κ1) is 22.0. The van der Waals surface area contributed by atoms with Gasteiger partial charge in [0.2, 0.25) is 5.78 Å². The molecule has 0 spiro atoms. The number of carbonyl (C=O) groups is 2. The summed E-state index contributed by atoms with van der Waals surface area (Å²) in [6, 6.07) is 7.69. The lowest BCUT2D eigenvalue weighted by atomic mass is 10.1. The third-order valence-corrected chi connectivity index (χ3v) is 4.47. The Morgan fingerprint density at radius 2 is 2.00 bits per heavy atom. The van der Waals surface area contributed by atoms with E-state index >= 15 is 0 Å². The molecule has 0 N–H and O–H groups in total. The number of hydrogen-bond donors (Lipinski definition) is 0. The van der Waals surface area contributed by atoms with Gasteiger partial charge in [0.05, 0.1) is 17.6 Å². The molecule has 0 amide bonds. The fourth-order valence-electron chi connectivity index (χ4n) is 3.22. The molecule has 8 nitrogen and oxygen atoms in total. The maximum atomic E-state index is 12.5. The van der Waals surface area contributed by atoms with E-state index in [1.807, 2.05) is 25.3 Å². The fraction of sp³-hybridized carbons (Fsp3) is 0.333. The van der Waals surface area contributed by atoms with Gasteiger partial charge in [-0.25, -0.2) is 4.79 Å². The lowest BCUT2D eigenvalue weighted by Crippen LogP contribution is -2.16. The van der Waals surface area contributed by atoms with Crippen LogP contribution in [0.15, 0.2) is 36.4 Å². The maximum Gasteiger partial charge on any atom is 0.331 e. The number of rotatable bonds is 9. The third kappa shape index (κ3) is 5.61. The summed E-state index contributed by atoms with van der Waals surface area (Å²) in [5.41, 5.74) is 2.63. The molecule has 0 bridgehead atoms. The minimum Gasteiger partial charge on any atom is -0.454 e. The highest BCUT2D eigenvalue weighted by Gasteiger charge is 2.19. The monoisotopic (exact) mass is 400 g/mol. The van der Waals surface area contributed by atoms with Gasteiger partial charge in [-0.1, -0.05) is 12.1 Å². The standard InChI is InChI=1S/C21H24N2O6/c1-14-10-19(16(3)22(14)15(2)12-28-4)20(24)13-29-21(25)9-8-17-6-5-7-18(11-17)23(26)27/h5-11,15H,12-13H2,1-4H3/b9-8+/t15-/m0/s1. The van der Waals surface area contributed by atoms with E-state index in [0.717, 1.165) is 17.5 Å². The number of nitro groups is 1. The van der Waals surface area contributed by atoms with E-state index in [0.29, 0.717) is 17.7 Å². The highest BCUT2D eigenvalue weighted by atomic mass is 16.6. The van der Waals surface area contributed by atoms with Crippen molar-refractivity contribution < 1.29 is 24.0 Å². The molecule has 0 radical (unpaired) electrons. The number of benzene rings is 1. The normalized spacial score (nSPS) is 12.1. The Kier molecular flexibility index (Phi) is 7.44. The number of aryl methyl sites for hydroxylation is 1. The molecule has 0 aliphatic carbocycles. The average molecular weight is 400 g/mol. The first-order chi connectivity index (χ1) is 13.7. The molecule has 29 heavy (non-hydrogen) atoms. The smallest absolute Gasteiger partial charge is 0.331 e. The van der Waals surface area contributed by atoms with Gasteiger partial charge < -0.3 is 14.0 Å². The molecule has 0 saturated carbocycles. The van der Waals surface area contributed by atoms with Crippen LogP contribution >= 0.6 is 0 Å². The molecule has 0 aliphatic heterocycles. The number of aromatic nitrogens is 1. The predicted octanol–water partition coefficient (Wildman–Crippen LogP) is 3.66. The average Bonchev–Trinajstić information content (AvgIpc) is 2.99. The van der Waals surface area contributed by atoms with Crippen LogP contribution in [0.5, 0.6) is 0 Å². The maximum absolute atomic E-state index is 12.5. The van der Waals surface area contributed by atoms with Gasteiger partial charge in [0.1, 0.15) is 0 Å². The summed E-state index contributed by atoms with van der Waals surface area (Å²) < 4.78 is 12.2. The van der Waals surface area contributed by atoms with Crippen LogP contribution < -0.4 is 0 Å². The van der Waals surface area contributed by atoms with Crippen LogP contribution in [-0.2, 0) is 14.3 Å². The molecular weight excluding hydrogens is 376 g/mol. The Bertz CT molecular complexity index is 945. The van der Waals surface area contributed by atoms with Crippen molar-refractivity contribution >= 4 is 23.5 Å². The highest BCUT2D eigenvalue weighted by Crippen LogP contribution is 2.21. The van der Waals surface area contributed by atoms with Gasteiger partial charge in [0, 0.05) is 42.3 Å². The van der Waals surface area contributed by atoms with Crippen LogP contribution in [-0.4, -0.2) is 41.6 Å². The molecule has 1 atom stereocenters. The Morgan fingerprint density at radius 3 is 2.66 bits per heavy atom. The van der Waals surface area contributed by atoms with Gasteiger partial charge in [0.15, 0.2) is 6.61 Å². The Hall–Kier alpha value is -3.26. The number of ketones is 1. The Morgan fingerprint density at radius 1 is 1.28 bits per heavy atom. The molecule has 154 valence electrons. The zero-order valence-corrected chi connectivity index (χ0v) is 16.9. The number of non-ortho nitro benzene ring substituents is 1. The summed E-state index contributed by atoms with van der Waals surface area (Å²) in [5, 5.41) is 10.8. The van der Waals surface area contributed by atoms with Gasteiger partial charge in [-0.05, 0) is 38.5 Å². The number of nitrogens with zero attached hydrogens (tertiary/aromatic N) is 2. The molecule has 0 unspecified atom stereocenters. The Labute approximate surface area is 168 Å². The van der Waals surface area contributed by atoms with E-state index < -0.39 is 10.9 Å². The number of hydrogen-bond acceptors (Lipinski definition) is 6. The van der Waals surface area contributed by atoms with Crippen LogP contribution in [0, 0.1) is 24.0 Å². The molecule has 1 heterocycles. The second kappa shape index (κ2) is 9.79. The van der Waals surface area contributed by atoms with Crippen molar-refractivity contribution in [3.63, 3.8) is 0 Å². The summed E-state index contributed by atoms with van der Waals surface area (Å²) >= 11 is 0. The number of carbonyl (C=O) groups excluding carboxylic acids is 2. The largest absolute Gasteiger partial charge is 0.454 e. The van der Waals surface area contributed by atoms with Gasteiger partial charge in [-0.3, -0.25) is 14.9 Å². The quantitative estimate of drug-likeness (QED) is 0.209. The number of ether oxygens (including phenoxy) is 2. The van der Waals surface area contributed by atoms with Crippen molar-refractivity contribution in [3.8, 4) is 0 Å². The van der Waals surface area contributed by atoms with E-state index in [4.69, 9.17) is 9.47 Å². The van der Waals surface area contributed by atoms with Crippen molar-refractivity contribution in [2.24, 2.45) is 0 Å². The predicted molar refractivity (Wildman–Crippen MR) is 108 cm³/mol. The van der Waals surface area contributed by atoms with Crippen LogP contribution in [0.2, 0.25) is 0 Å². The SMILES string of the molecule is COC[C@H](C)n1c(C)cc(C(=O)COC(=O)/C=C/c2cccc([N+](=O)[O-])c2)c1C. The molecule has 2 rings (SSSR count). The van der Waals surface area contributed by atoms with Crippen LogP contribution in [0.3, 0.4) is 0 Å². The first-order valence-electron chi connectivity index (χ1n) is 9.04. The van der Waals surface area contributed by atoms with Gasteiger partial charge >= 0.3 is 5.97 Å². The molecule has 0 fully saturated rings. The van der Waals surface area contributed by atoms with Crippen molar-refractivity contribution in [1.29, 1.82) is 0 Å². The zero-order chi connectivity index (χ0) is 21.6. The topological polar surface area (TPSA) is 101 Å². The Balaban J connectivity index is 2.00. The highest BCUT2D eigenvalue weighted by molar-refractivity contribution is 6.00. The lowest BCUT2D eigenvalue weighted by molar-refractivity contribution is -0.384. The summed E-state index contributed by atoms with van der Waals surface area (Å²) in [6.45, 7) is 5.87. The molecular formula is C21H24N2O6. The van der Waals surface area contributed by atoms with E-state index in [1.54, 1.807) is 19.2 Å². The van der Waals surface area contributed by atoms with Crippen molar-refractivity contribution in [2.75, 3.05) is 20.3 Å². The van der Waals surface area contributed by atoms with E-state index in [1.165, 1.54) is 24.3 Å². The van der Waals surface area contributed by atoms with Crippen LogP contribution in [0.4, 0.5) is 5.69 Å². The van der Waals surface area contributed by atoms with E-state index in [2.05, 4.69) is 0 Å². The lowest BCUT2D eigenvalue weighted by Gasteiger charge is -2.17. The number of methoxy groups -OCH3 is 1. The van der Waals surface area contributed by atoms with Gasteiger partial charge in [-0.2, -0.15) is 0 Å². The van der Waals surface area contributed by atoms with Crippen molar-refractivity contribution in [3.05, 3.63) is 69.0 Å². The molecule has 0 aliphatic rings. The van der Waals surface area contributed by atoms with Crippen molar-refractivity contribution in [2.45, 2.75) is 26.8 Å². The minimum absolute atomic E-state index is 0.0713.